The van der Waals surface area contributed by atoms with Crippen LogP contribution in [0.4, 0.5) is 28.9 Å². The summed E-state index contributed by atoms with van der Waals surface area (Å²) < 4.78 is 57.9. The number of halogens is 4. The minimum atomic E-state index is -4.52. The second kappa shape index (κ2) is 12.3. The predicted octanol–water partition coefficient (Wildman–Crippen LogP) is 6.18. The summed E-state index contributed by atoms with van der Waals surface area (Å²) in [6, 6.07) is 9.98. The summed E-state index contributed by atoms with van der Waals surface area (Å²) in [5.41, 5.74) is 0.195. The largest absolute Gasteiger partial charge is 0.508 e. The fourth-order valence-electron chi connectivity index (χ4n) is 4.65. The molecule has 0 aliphatic carbocycles. The molecule has 2 aliphatic rings. The molecule has 0 saturated carbocycles. The minimum Gasteiger partial charge on any atom is -0.508 e. The molecule has 2 aliphatic heterocycles. The molecule has 37 heavy (non-hydrogen) atoms. The van der Waals surface area contributed by atoms with Gasteiger partial charge in [0, 0.05) is 31.5 Å². The Bertz CT molecular complexity index is 1080. The first kappa shape index (κ1) is 28.3. The van der Waals surface area contributed by atoms with Crippen LogP contribution in [0.1, 0.15) is 40.0 Å². The van der Waals surface area contributed by atoms with Crippen LogP contribution in [-0.2, 0) is 4.79 Å². The standard InChI is InChI=1S/C14H20FNO.C13H13F3N2O2/c1-3-17-12-6-7-13(15)14(9-12)16-8-4-5-11(2)10-16;1-8-11(6-7-19)18(17-12(8)13(14,15)16)9-2-4-10(20)5-3-9/h6-7,9,11H,3-5,8,10H2,1-2H3;2-5,7-8,11,20H,6H2,1H3/t;8?,11-/m.0/s1. The van der Waals surface area contributed by atoms with Gasteiger partial charge in [-0.05, 0) is 62.1 Å². The molecular weight excluding hydrogens is 490 g/mol. The quantitative estimate of drug-likeness (QED) is 0.362. The Labute approximate surface area is 214 Å². The summed E-state index contributed by atoms with van der Waals surface area (Å²) in [6.07, 6.45) is -1.61. The average Bonchev–Trinajstić information content (AvgIpc) is 3.18. The van der Waals surface area contributed by atoms with E-state index >= 15 is 0 Å². The summed E-state index contributed by atoms with van der Waals surface area (Å²) >= 11 is 0. The maximum Gasteiger partial charge on any atom is 0.431 e. The number of phenols is 1. The topological polar surface area (TPSA) is 65.4 Å². The molecule has 2 aromatic carbocycles. The molecular formula is C27H33F4N3O3. The van der Waals surface area contributed by atoms with Crippen molar-refractivity contribution in [3.05, 3.63) is 48.3 Å². The molecule has 2 aromatic rings. The number of piperidine rings is 1. The van der Waals surface area contributed by atoms with Crippen molar-refractivity contribution in [2.45, 2.75) is 52.3 Å². The van der Waals surface area contributed by atoms with E-state index in [0.29, 0.717) is 30.2 Å². The van der Waals surface area contributed by atoms with Crippen molar-refractivity contribution in [3.63, 3.8) is 0 Å². The first-order valence-electron chi connectivity index (χ1n) is 12.4. The average molecular weight is 524 g/mol. The van der Waals surface area contributed by atoms with Crippen molar-refractivity contribution in [1.29, 1.82) is 0 Å². The van der Waals surface area contributed by atoms with Gasteiger partial charge in [0.1, 0.15) is 29.3 Å². The Balaban J connectivity index is 0.000000208. The number of carbonyl (C=O) groups excluding carboxylic acids is 1. The maximum absolute atomic E-state index is 13.8. The van der Waals surface area contributed by atoms with Crippen molar-refractivity contribution in [1.82, 2.24) is 0 Å². The number of benzene rings is 2. The van der Waals surface area contributed by atoms with Crippen LogP contribution >= 0.6 is 0 Å². The molecule has 4 rings (SSSR count). The fraction of sp³-hybridized carbons (Fsp3) is 0.481. The van der Waals surface area contributed by atoms with Gasteiger partial charge in [-0.2, -0.15) is 18.3 Å². The van der Waals surface area contributed by atoms with Gasteiger partial charge in [-0.25, -0.2) is 4.39 Å². The van der Waals surface area contributed by atoms with Gasteiger partial charge < -0.3 is 19.5 Å². The highest BCUT2D eigenvalue weighted by Crippen LogP contribution is 2.36. The molecule has 2 unspecified atom stereocenters. The number of alkyl halides is 3. The van der Waals surface area contributed by atoms with Crippen LogP contribution < -0.4 is 14.6 Å². The van der Waals surface area contributed by atoms with E-state index in [1.807, 2.05) is 13.0 Å². The van der Waals surface area contributed by atoms with Gasteiger partial charge in [-0.1, -0.05) is 13.8 Å². The second-order valence-electron chi connectivity index (χ2n) is 9.34. The molecule has 0 amide bonds. The number of hydrogen-bond donors (Lipinski definition) is 1. The third-order valence-corrected chi connectivity index (χ3v) is 6.51. The zero-order valence-electron chi connectivity index (χ0n) is 21.2. The minimum absolute atomic E-state index is 0.00737. The number of ether oxygens (including phenoxy) is 1. The molecule has 6 nitrogen and oxygen atoms in total. The summed E-state index contributed by atoms with van der Waals surface area (Å²) in [5.74, 6) is 0.352. The van der Waals surface area contributed by atoms with Crippen LogP contribution in [0.15, 0.2) is 47.6 Å². The molecule has 1 fully saturated rings. The predicted molar refractivity (Wildman–Crippen MR) is 136 cm³/mol. The van der Waals surface area contributed by atoms with Crippen LogP contribution in [-0.4, -0.2) is 49.0 Å². The van der Waals surface area contributed by atoms with Gasteiger partial charge in [0.2, 0.25) is 0 Å². The van der Waals surface area contributed by atoms with E-state index < -0.39 is 23.8 Å². The van der Waals surface area contributed by atoms with E-state index in [-0.39, 0.29) is 18.0 Å². The Morgan fingerprint density at radius 1 is 1.16 bits per heavy atom. The smallest absolute Gasteiger partial charge is 0.431 e. The number of hydrazone groups is 1. The number of nitrogens with zero attached hydrogens (tertiary/aromatic N) is 3. The van der Waals surface area contributed by atoms with Gasteiger partial charge in [0.25, 0.3) is 0 Å². The highest BCUT2D eigenvalue weighted by atomic mass is 19.4. The van der Waals surface area contributed by atoms with Crippen LogP contribution in [0, 0.1) is 17.7 Å². The van der Waals surface area contributed by atoms with Crippen LogP contribution in [0.25, 0.3) is 0 Å². The van der Waals surface area contributed by atoms with Crippen LogP contribution in [0.2, 0.25) is 0 Å². The molecule has 1 N–H and O–H groups in total. The number of aromatic hydroxyl groups is 1. The summed E-state index contributed by atoms with van der Waals surface area (Å²) in [4.78, 5) is 12.8. The summed E-state index contributed by atoms with van der Waals surface area (Å²) in [7, 11) is 0. The van der Waals surface area contributed by atoms with Crippen molar-refractivity contribution in [2.24, 2.45) is 16.9 Å². The number of hydrogen-bond acceptors (Lipinski definition) is 6. The molecule has 202 valence electrons. The lowest BCUT2D eigenvalue weighted by molar-refractivity contribution is -0.108. The number of carbonyl (C=O) groups is 1. The molecule has 10 heteroatoms. The van der Waals surface area contributed by atoms with Crippen molar-refractivity contribution in [3.8, 4) is 11.5 Å². The molecule has 0 aromatic heterocycles. The van der Waals surface area contributed by atoms with Crippen molar-refractivity contribution >= 4 is 23.4 Å². The first-order chi connectivity index (χ1) is 17.5. The number of phenolic OH excluding ortho intramolecular Hbond substituents is 1. The highest BCUT2D eigenvalue weighted by Gasteiger charge is 2.48. The first-order valence-corrected chi connectivity index (χ1v) is 12.4. The Morgan fingerprint density at radius 2 is 1.86 bits per heavy atom. The number of aldehydes is 1. The van der Waals surface area contributed by atoms with E-state index in [2.05, 4.69) is 16.9 Å². The van der Waals surface area contributed by atoms with Crippen molar-refractivity contribution < 1.29 is 32.2 Å². The lowest BCUT2D eigenvalue weighted by atomic mass is 9.95. The van der Waals surface area contributed by atoms with Crippen LogP contribution in [0.5, 0.6) is 11.5 Å². The Morgan fingerprint density at radius 3 is 2.46 bits per heavy atom. The molecule has 0 spiro atoms. The zero-order chi connectivity index (χ0) is 27.2. The Hall–Kier alpha value is -3.30. The highest BCUT2D eigenvalue weighted by molar-refractivity contribution is 5.95. The van der Waals surface area contributed by atoms with E-state index in [4.69, 9.17) is 4.74 Å². The van der Waals surface area contributed by atoms with E-state index in [1.54, 1.807) is 6.07 Å². The molecule has 3 atom stereocenters. The summed E-state index contributed by atoms with van der Waals surface area (Å²) in [6.45, 7) is 8.05. The zero-order valence-corrected chi connectivity index (χ0v) is 21.2. The van der Waals surface area contributed by atoms with Gasteiger partial charge in [0.05, 0.1) is 24.0 Å². The molecule has 1 saturated heterocycles. The normalized spacial score (nSPS) is 21.7. The van der Waals surface area contributed by atoms with Crippen molar-refractivity contribution in [2.75, 3.05) is 29.6 Å². The lowest BCUT2D eigenvalue weighted by Gasteiger charge is -2.33. The number of rotatable bonds is 6. The maximum atomic E-state index is 13.8. The van der Waals surface area contributed by atoms with E-state index in [1.165, 1.54) is 48.7 Å². The summed E-state index contributed by atoms with van der Waals surface area (Å²) in [5, 5.41) is 14.0. The third-order valence-electron chi connectivity index (χ3n) is 6.51. The van der Waals surface area contributed by atoms with Gasteiger partial charge >= 0.3 is 6.18 Å². The SMILES string of the molecule is CC1C(C(F)(F)F)=NN(c2ccc(O)cc2)[C@H]1CC=O.CCOc1ccc(F)c(N2CCCC(C)C2)c1. The van der Waals surface area contributed by atoms with Gasteiger partial charge in [-0.15, -0.1) is 0 Å². The number of anilines is 2. The lowest BCUT2D eigenvalue weighted by Crippen LogP contribution is -2.35. The monoisotopic (exact) mass is 523 g/mol. The van der Waals surface area contributed by atoms with Gasteiger partial charge in [0.15, 0.2) is 0 Å². The molecule has 0 radical (unpaired) electrons. The Kier molecular flexibility index (Phi) is 9.39. The van der Waals surface area contributed by atoms with E-state index in [9.17, 15) is 27.5 Å². The fourth-order valence-corrected chi connectivity index (χ4v) is 4.65. The van der Waals surface area contributed by atoms with Gasteiger partial charge in [-0.3, -0.25) is 5.01 Å². The molecule has 0 bridgehead atoms. The third kappa shape index (κ3) is 7.14. The second-order valence-corrected chi connectivity index (χ2v) is 9.34. The molecule has 2 heterocycles. The van der Waals surface area contributed by atoms with Crippen LogP contribution in [0.3, 0.4) is 0 Å². The van der Waals surface area contributed by atoms with E-state index in [0.717, 1.165) is 25.3 Å².